The van der Waals surface area contributed by atoms with Crippen molar-refractivity contribution in [3.63, 3.8) is 0 Å². The van der Waals surface area contributed by atoms with Crippen molar-refractivity contribution in [3.05, 3.63) is 23.4 Å². The Kier molecular flexibility index (Phi) is 3.38. The highest BCUT2D eigenvalue weighted by molar-refractivity contribution is 5.64. The van der Waals surface area contributed by atoms with Gasteiger partial charge in [-0.3, -0.25) is 4.68 Å². The first-order chi connectivity index (χ1) is 9.56. The number of hydrogen-bond donors (Lipinski definition) is 2. The summed E-state index contributed by atoms with van der Waals surface area (Å²) in [5.74, 6) is 1.63. The van der Waals surface area contributed by atoms with Gasteiger partial charge in [0.1, 0.15) is 5.82 Å². The molecule has 0 atom stereocenters. The van der Waals surface area contributed by atoms with E-state index in [9.17, 15) is 0 Å². The molecule has 1 aliphatic carbocycles. The molecule has 5 nitrogen and oxygen atoms in total. The van der Waals surface area contributed by atoms with E-state index in [-0.39, 0.29) is 0 Å². The van der Waals surface area contributed by atoms with Crippen LogP contribution < -0.4 is 5.73 Å². The van der Waals surface area contributed by atoms with E-state index >= 15 is 0 Å². The third kappa shape index (κ3) is 2.26. The van der Waals surface area contributed by atoms with Gasteiger partial charge in [-0.05, 0) is 39.5 Å². The largest absolute Gasteiger partial charge is 0.342 e. The Morgan fingerprint density at radius 3 is 2.55 bits per heavy atom. The highest BCUT2D eigenvalue weighted by Gasteiger charge is 2.23. The van der Waals surface area contributed by atoms with Gasteiger partial charge >= 0.3 is 0 Å². The molecule has 0 unspecified atom stereocenters. The molecule has 1 fully saturated rings. The lowest BCUT2D eigenvalue weighted by Gasteiger charge is -2.24. The summed E-state index contributed by atoms with van der Waals surface area (Å²) in [6.07, 6.45) is 6.43. The lowest BCUT2D eigenvalue weighted by atomic mass is 9.86. The summed E-state index contributed by atoms with van der Waals surface area (Å²) in [5.41, 5.74) is 10.4. The number of aromatic amines is 1. The maximum absolute atomic E-state index is 5.97. The molecular weight excluding hydrogens is 250 g/mol. The molecule has 0 amide bonds. The predicted octanol–water partition coefficient (Wildman–Crippen LogP) is 2.41. The maximum atomic E-state index is 5.97. The fourth-order valence-electron chi connectivity index (χ4n) is 3.23. The monoisotopic (exact) mass is 273 g/mol. The normalized spacial score (nSPS) is 23.2. The van der Waals surface area contributed by atoms with E-state index in [1.807, 2.05) is 24.9 Å². The molecule has 1 aliphatic rings. The highest BCUT2D eigenvalue weighted by Crippen LogP contribution is 2.32. The minimum Gasteiger partial charge on any atom is -0.342 e. The number of aryl methyl sites for hydroxylation is 2. The average molecular weight is 273 g/mol. The molecule has 3 N–H and O–H groups in total. The van der Waals surface area contributed by atoms with Gasteiger partial charge in [-0.2, -0.15) is 5.10 Å². The molecule has 5 heteroatoms. The molecule has 20 heavy (non-hydrogen) atoms. The van der Waals surface area contributed by atoms with E-state index in [0.717, 1.165) is 42.9 Å². The second kappa shape index (κ2) is 5.05. The number of nitrogens with one attached hydrogen (secondary N) is 1. The second-order valence-electron chi connectivity index (χ2n) is 5.96. The number of imidazole rings is 1. The molecule has 2 aromatic rings. The molecule has 1 saturated carbocycles. The van der Waals surface area contributed by atoms with Crippen LogP contribution in [0.15, 0.2) is 6.20 Å². The van der Waals surface area contributed by atoms with Gasteiger partial charge in [-0.25, -0.2) is 4.98 Å². The zero-order chi connectivity index (χ0) is 14.3. The second-order valence-corrected chi connectivity index (χ2v) is 5.96. The fraction of sp³-hybridized carbons (Fsp3) is 0.600. The molecule has 0 aromatic carbocycles. The fourth-order valence-corrected chi connectivity index (χ4v) is 3.23. The topological polar surface area (TPSA) is 72.5 Å². The lowest BCUT2D eigenvalue weighted by Crippen LogP contribution is -2.26. The van der Waals surface area contributed by atoms with E-state index in [0.29, 0.717) is 12.0 Å². The van der Waals surface area contributed by atoms with Crippen LogP contribution in [0.4, 0.5) is 0 Å². The summed E-state index contributed by atoms with van der Waals surface area (Å²) in [5, 5.41) is 4.47. The van der Waals surface area contributed by atoms with E-state index in [2.05, 4.69) is 22.0 Å². The van der Waals surface area contributed by atoms with E-state index in [4.69, 9.17) is 5.73 Å². The third-order valence-electron chi connectivity index (χ3n) is 4.53. The van der Waals surface area contributed by atoms with Crippen LogP contribution in [-0.2, 0) is 7.05 Å². The summed E-state index contributed by atoms with van der Waals surface area (Å²) in [6, 6.07) is 0.378. The van der Waals surface area contributed by atoms with Crippen molar-refractivity contribution >= 4 is 0 Å². The minimum absolute atomic E-state index is 0.378. The van der Waals surface area contributed by atoms with E-state index in [1.54, 1.807) is 0 Å². The number of nitrogens with zero attached hydrogens (tertiary/aromatic N) is 3. The molecule has 0 aliphatic heterocycles. The average Bonchev–Trinajstić information content (AvgIpc) is 2.97. The quantitative estimate of drug-likeness (QED) is 0.882. The van der Waals surface area contributed by atoms with Crippen molar-refractivity contribution in [3.8, 4) is 11.3 Å². The molecule has 3 rings (SSSR count). The molecular formula is C15H23N5. The summed E-state index contributed by atoms with van der Waals surface area (Å²) < 4.78 is 1.92. The number of aromatic nitrogens is 4. The van der Waals surface area contributed by atoms with Crippen molar-refractivity contribution < 1.29 is 0 Å². The lowest BCUT2D eigenvalue weighted by molar-refractivity contribution is 0.386. The SMILES string of the molecule is Cc1nn(C)c(C)c1-c1cnc(C2CCC(N)CC2)[nH]1. The molecule has 0 saturated heterocycles. The number of hydrogen-bond acceptors (Lipinski definition) is 3. The van der Waals surface area contributed by atoms with Crippen LogP contribution >= 0.6 is 0 Å². The third-order valence-corrected chi connectivity index (χ3v) is 4.53. The first-order valence-corrected chi connectivity index (χ1v) is 7.37. The van der Waals surface area contributed by atoms with Crippen molar-refractivity contribution in [2.75, 3.05) is 0 Å². The van der Waals surface area contributed by atoms with E-state index < -0.39 is 0 Å². The first kappa shape index (κ1) is 13.4. The number of H-pyrrole nitrogens is 1. The zero-order valence-corrected chi connectivity index (χ0v) is 12.5. The van der Waals surface area contributed by atoms with Crippen molar-refractivity contribution in [1.82, 2.24) is 19.7 Å². The van der Waals surface area contributed by atoms with Gasteiger partial charge in [-0.1, -0.05) is 0 Å². The molecule has 108 valence electrons. The van der Waals surface area contributed by atoms with Crippen molar-refractivity contribution in [2.45, 2.75) is 51.5 Å². The van der Waals surface area contributed by atoms with Gasteiger partial charge in [0.05, 0.1) is 17.6 Å². The van der Waals surface area contributed by atoms with Gasteiger partial charge in [-0.15, -0.1) is 0 Å². The Balaban J connectivity index is 1.87. The van der Waals surface area contributed by atoms with Crippen LogP contribution in [0, 0.1) is 13.8 Å². The highest BCUT2D eigenvalue weighted by atomic mass is 15.3. The molecule has 0 spiro atoms. The zero-order valence-electron chi connectivity index (χ0n) is 12.5. The predicted molar refractivity (Wildman–Crippen MR) is 79.4 cm³/mol. The summed E-state index contributed by atoms with van der Waals surface area (Å²) in [4.78, 5) is 8.10. The Labute approximate surface area is 119 Å². The van der Waals surface area contributed by atoms with Crippen molar-refractivity contribution in [2.24, 2.45) is 12.8 Å². The minimum atomic E-state index is 0.378. The van der Waals surface area contributed by atoms with Gasteiger partial charge in [0.2, 0.25) is 0 Å². The van der Waals surface area contributed by atoms with Crippen LogP contribution in [0.3, 0.4) is 0 Å². The maximum Gasteiger partial charge on any atom is 0.109 e. The van der Waals surface area contributed by atoms with Crippen LogP contribution in [0.2, 0.25) is 0 Å². The van der Waals surface area contributed by atoms with Crippen LogP contribution in [-0.4, -0.2) is 25.8 Å². The molecule has 0 bridgehead atoms. The molecule has 2 aromatic heterocycles. The Hall–Kier alpha value is -1.62. The summed E-state index contributed by atoms with van der Waals surface area (Å²) in [7, 11) is 1.98. The van der Waals surface area contributed by atoms with Crippen molar-refractivity contribution in [1.29, 1.82) is 0 Å². The molecule has 0 radical (unpaired) electrons. The summed E-state index contributed by atoms with van der Waals surface area (Å²) in [6.45, 7) is 4.14. The summed E-state index contributed by atoms with van der Waals surface area (Å²) >= 11 is 0. The Morgan fingerprint density at radius 2 is 1.95 bits per heavy atom. The van der Waals surface area contributed by atoms with Gasteiger partial charge in [0.25, 0.3) is 0 Å². The van der Waals surface area contributed by atoms with Crippen LogP contribution in [0.5, 0.6) is 0 Å². The van der Waals surface area contributed by atoms with Crippen LogP contribution in [0.1, 0.15) is 48.8 Å². The van der Waals surface area contributed by atoms with E-state index in [1.165, 1.54) is 11.3 Å². The Bertz CT molecular complexity index is 602. The van der Waals surface area contributed by atoms with Gasteiger partial charge in [0.15, 0.2) is 0 Å². The first-order valence-electron chi connectivity index (χ1n) is 7.37. The van der Waals surface area contributed by atoms with Crippen LogP contribution in [0.25, 0.3) is 11.3 Å². The number of nitrogens with two attached hydrogens (primary N) is 1. The Morgan fingerprint density at radius 1 is 1.25 bits per heavy atom. The molecule has 2 heterocycles. The number of rotatable bonds is 2. The van der Waals surface area contributed by atoms with Gasteiger partial charge < -0.3 is 10.7 Å². The standard InChI is InChI=1S/C15H23N5/c1-9-14(10(2)20(3)19-9)13-8-17-15(18-13)11-4-6-12(16)7-5-11/h8,11-12H,4-7,16H2,1-3H3,(H,17,18). The van der Waals surface area contributed by atoms with Gasteiger partial charge in [0, 0.05) is 30.3 Å². The smallest absolute Gasteiger partial charge is 0.109 e.